The number of amides is 1. The number of nitrogens with zero attached hydrogens (tertiary/aromatic N) is 3. The van der Waals surface area contributed by atoms with Crippen LogP contribution in [0.2, 0.25) is 0 Å². The highest BCUT2D eigenvalue weighted by Crippen LogP contribution is 2.10. The number of nitrogens with one attached hydrogen (secondary N) is 2. The second kappa shape index (κ2) is 6.04. The van der Waals surface area contributed by atoms with E-state index in [0.717, 1.165) is 11.5 Å². The Labute approximate surface area is 121 Å². The van der Waals surface area contributed by atoms with Crippen molar-refractivity contribution in [1.29, 1.82) is 0 Å². The fourth-order valence-corrected chi connectivity index (χ4v) is 2.08. The van der Waals surface area contributed by atoms with Crippen LogP contribution in [0.5, 0.6) is 0 Å². The summed E-state index contributed by atoms with van der Waals surface area (Å²) in [6.45, 7) is 0.520. The van der Waals surface area contributed by atoms with E-state index in [1.54, 1.807) is 29.5 Å². The van der Waals surface area contributed by atoms with Crippen molar-refractivity contribution in [3.05, 3.63) is 66.8 Å². The van der Waals surface area contributed by atoms with E-state index in [-0.39, 0.29) is 5.91 Å². The van der Waals surface area contributed by atoms with E-state index in [0.29, 0.717) is 18.7 Å². The number of H-pyrrole nitrogens is 1. The minimum Gasteiger partial charge on any atom is -0.350 e. The van der Waals surface area contributed by atoms with Gasteiger partial charge in [0.05, 0.1) is 12.5 Å². The number of hydrogen-bond acceptors (Lipinski definition) is 3. The van der Waals surface area contributed by atoms with Gasteiger partial charge < -0.3 is 10.3 Å². The topological polar surface area (TPSA) is 75.6 Å². The van der Waals surface area contributed by atoms with Gasteiger partial charge in [-0.3, -0.25) is 9.36 Å². The van der Waals surface area contributed by atoms with E-state index in [1.165, 1.54) is 0 Å². The molecule has 3 rings (SSSR count). The standard InChI is InChI=1S/C15H15N5O/c21-15(19-7-6-14-17-8-9-18-14)13-10-16-11-20(13)12-4-2-1-3-5-12/h1-5,8-11H,6-7H2,(H,17,18)(H,19,21). The Hall–Kier alpha value is -2.89. The van der Waals surface area contributed by atoms with Crippen molar-refractivity contribution in [3.63, 3.8) is 0 Å². The second-order valence-electron chi connectivity index (χ2n) is 4.53. The highest BCUT2D eigenvalue weighted by atomic mass is 16.1. The first-order chi connectivity index (χ1) is 10.3. The average Bonchev–Trinajstić information content (AvgIpc) is 3.19. The zero-order valence-corrected chi connectivity index (χ0v) is 11.4. The van der Waals surface area contributed by atoms with Crippen LogP contribution >= 0.6 is 0 Å². The van der Waals surface area contributed by atoms with Crippen molar-refractivity contribution < 1.29 is 4.79 Å². The summed E-state index contributed by atoms with van der Waals surface area (Å²) in [6, 6.07) is 9.65. The second-order valence-corrected chi connectivity index (χ2v) is 4.53. The molecular formula is C15H15N5O. The van der Waals surface area contributed by atoms with Gasteiger partial charge in [-0.25, -0.2) is 9.97 Å². The van der Waals surface area contributed by atoms with Gasteiger partial charge in [-0.15, -0.1) is 0 Å². The third-order valence-corrected chi connectivity index (χ3v) is 3.11. The molecule has 21 heavy (non-hydrogen) atoms. The summed E-state index contributed by atoms with van der Waals surface area (Å²) in [5, 5.41) is 2.87. The van der Waals surface area contributed by atoms with Crippen molar-refractivity contribution in [1.82, 2.24) is 24.8 Å². The Morgan fingerprint density at radius 3 is 2.90 bits per heavy atom. The molecule has 0 saturated carbocycles. The molecule has 0 fully saturated rings. The van der Waals surface area contributed by atoms with Crippen LogP contribution in [0.3, 0.4) is 0 Å². The lowest BCUT2D eigenvalue weighted by molar-refractivity contribution is 0.0947. The molecule has 2 aromatic heterocycles. The summed E-state index contributed by atoms with van der Waals surface area (Å²) in [5.74, 6) is 0.703. The molecule has 106 valence electrons. The number of para-hydroxylation sites is 1. The van der Waals surface area contributed by atoms with Gasteiger partial charge in [0, 0.05) is 31.0 Å². The molecule has 0 aliphatic rings. The number of carbonyl (C=O) groups is 1. The third-order valence-electron chi connectivity index (χ3n) is 3.11. The molecule has 0 spiro atoms. The minimum absolute atomic E-state index is 0.150. The Balaban J connectivity index is 1.67. The van der Waals surface area contributed by atoms with E-state index in [4.69, 9.17) is 0 Å². The summed E-state index contributed by atoms with van der Waals surface area (Å²) >= 11 is 0. The summed E-state index contributed by atoms with van der Waals surface area (Å²) < 4.78 is 1.77. The average molecular weight is 281 g/mol. The largest absolute Gasteiger partial charge is 0.350 e. The molecule has 0 unspecified atom stereocenters. The van der Waals surface area contributed by atoms with Gasteiger partial charge in [0.2, 0.25) is 0 Å². The molecule has 2 heterocycles. The van der Waals surface area contributed by atoms with Gasteiger partial charge in [-0.05, 0) is 12.1 Å². The monoisotopic (exact) mass is 281 g/mol. The molecular weight excluding hydrogens is 266 g/mol. The fraction of sp³-hybridized carbons (Fsp3) is 0.133. The normalized spacial score (nSPS) is 10.5. The van der Waals surface area contributed by atoms with Gasteiger partial charge in [-0.1, -0.05) is 18.2 Å². The Morgan fingerprint density at radius 2 is 2.14 bits per heavy atom. The quantitative estimate of drug-likeness (QED) is 0.745. The van der Waals surface area contributed by atoms with Crippen molar-refractivity contribution in [3.8, 4) is 5.69 Å². The van der Waals surface area contributed by atoms with Crippen LogP contribution in [0.4, 0.5) is 0 Å². The molecule has 3 aromatic rings. The molecule has 0 saturated heterocycles. The first-order valence-electron chi connectivity index (χ1n) is 6.69. The molecule has 0 radical (unpaired) electrons. The lowest BCUT2D eigenvalue weighted by atomic mass is 10.3. The lowest BCUT2D eigenvalue weighted by Gasteiger charge is -2.08. The number of carbonyl (C=O) groups excluding carboxylic acids is 1. The van der Waals surface area contributed by atoms with Crippen LogP contribution in [-0.2, 0) is 6.42 Å². The maximum absolute atomic E-state index is 12.2. The van der Waals surface area contributed by atoms with Crippen LogP contribution < -0.4 is 5.32 Å². The molecule has 0 bridgehead atoms. The summed E-state index contributed by atoms with van der Waals surface area (Å²) in [7, 11) is 0. The van der Waals surface area contributed by atoms with Crippen LogP contribution in [0.15, 0.2) is 55.2 Å². The molecule has 6 heteroatoms. The van der Waals surface area contributed by atoms with E-state index >= 15 is 0 Å². The predicted octanol–water partition coefficient (Wildman–Crippen LogP) is 1.57. The Bertz CT molecular complexity index is 703. The molecule has 2 N–H and O–H groups in total. The van der Waals surface area contributed by atoms with Crippen molar-refractivity contribution in [2.75, 3.05) is 6.54 Å². The maximum atomic E-state index is 12.2. The van der Waals surface area contributed by atoms with E-state index < -0.39 is 0 Å². The first-order valence-corrected chi connectivity index (χ1v) is 6.69. The highest BCUT2D eigenvalue weighted by molar-refractivity contribution is 5.92. The zero-order chi connectivity index (χ0) is 14.5. The molecule has 1 amide bonds. The first kappa shape index (κ1) is 13.1. The van der Waals surface area contributed by atoms with Crippen LogP contribution in [0.25, 0.3) is 5.69 Å². The maximum Gasteiger partial charge on any atom is 0.269 e. The van der Waals surface area contributed by atoms with Gasteiger partial charge in [0.15, 0.2) is 0 Å². The summed E-state index contributed by atoms with van der Waals surface area (Å²) in [6.07, 6.45) is 7.33. The number of hydrogen-bond donors (Lipinski definition) is 2. The molecule has 0 atom stereocenters. The summed E-state index contributed by atoms with van der Waals surface area (Å²) in [4.78, 5) is 23.4. The van der Waals surface area contributed by atoms with E-state index in [1.807, 2.05) is 30.3 Å². The Kier molecular flexibility index (Phi) is 3.77. The predicted molar refractivity (Wildman–Crippen MR) is 78.2 cm³/mol. The number of benzene rings is 1. The van der Waals surface area contributed by atoms with Crippen LogP contribution in [-0.4, -0.2) is 32.0 Å². The number of aromatic amines is 1. The molecule has 6 nitrogen and oxygen atoms in total. The van der Waals surface area contributed by atoms with E-state index in [2.05, 4.69) is 20.3 Å². The highest BCUT2D eigenvalue weighted by Gasteiger charge is 2.12. The zero-order valence-electron chi connectivity index (χ0n) is 11.4. The number of imidazole rings is 2. The summed E-state index contributed by atoms with van der Waals surface area (Å²) in [5.41, 5.74) is 1.42. The molecule has 0 aliphatic carbocycles. The van der Waals surface area contributed by atoms with Crippen molar-refractivity contribution in [2.24, 2.45) is 0 Å². The van der Waals surface area contributed by atoms with Gasteiger partial charge in [0.1, 0.15) is 11.5 Å². The lowest BCUT2D eigenvalue weighted by Crippen LogP contribution is -2.27. The van der Waals surface area contributed by atoms with Crippen LogP contribution in [0.1, 0.15) is 16.3 Å². The molecule has 0 aliphatic heterocycles. The molecule has 1 aromatic carbocycles. The van der Waals surface area contributed by atoms with Crippen molar-refractivity contribution in [2.45, 2.75) is 6.42 Å². The van der Waals surface area contributed by atoms with E-state index in [9.17, 15) is 4.79 Å². The SMILES string of the molecule is O=C(NCCc1ncc[nH]1)c1cncn1-c1ccccc1. The van der Waals surface area contributed by atoms with Gasteiger partial charge >= 0.3 is 0 Å². The smallest absolute Gasteiger partial charge is 0.269 e. The van der Waals surface area contributed by atoms with Crippen molar-refractivity contribution >= 4 is 5.91 Å². The van der Waals surface area contributed by atoms with Gasteiger partial charge in [0.25, 0.3) is 5.91 Å². The number of rotatable bonds is 5. The minimum atomic E-state index is -0.150. The fourth-order valence-electron chi connectivity index (χ4n) is 2.08. The number of aromatic nitrogens is 4. The Morgan fingerprint density at radius 1 is 1.29 bits per heavy atom. The van der Waals surface area contributed by atoms with Crippen LogP contribution in [0, 0.1) is 0 Å². The third kappa shape index (κ3) is 3.00. The van der Waals surface area contributed by atoms with Gasteiger partial charge in [-0.2, -0.15) is 0 Å².